The Kier molecular flexibility index (Phi) is 9.89. The summed E-state index contributed by atoms with van der Waals surface area (Å²) in [6, 6.07) is -0.630. The smallest absolute Gasteiger partial charge is 0.550 e. The molecule has 4 atom stereocenters. The quantitative estimate of drug-likeness (QED) is 0.307. The molecule has 1 saturated carbocycles. The van der Waals surface area contributed by atoms with Crippen LogP contribution in [0.3, 0.4) is 0 Å². The van der Waals surface area contributed by atoms with Gasteiger partial charge in [0.05, 0.1) is 12.2 Å². The zero-order chi connectivity index (χ0) is 18.4. The van der Waals surface area contributed by atoms with Gasteiger partial charge in [0.1, 0.15) is 0 Å². The van der Waals surface area contributed by atoms with Crippen LogP contribution in [0.4, 0.5) is 0 Å². The van der Waals surface area contributed by atoms with Crippen molar-refractivity contribution in [3.05, 3.63) is 0 Å². The van der Waals surface area contributed by atoms with E-state index in [-0.39, 0.29) is 89.4 Å². The van der Waals surface area contributed by atoms with Crippen molar-refractivity contribution in [2.24, 2.45) is 16.1 Å². The summed E-state index contributed by atoms with van der Waals surface area (Å²) >= 11 is 0. The molecule has 1 amide bonds. The van der Waals surface area contributed by atoms with E-state index in [1.165, 1.54) is 0 Å². The molecule has 1 heterocycles. The number of aliphatic carboxylic acids is 1. The summed E-state index contributed by atoms with van der Waals surface area (Å²) in [7, 11) is 0. The maximum atomic E-state index is 12.2. The Balaban J connectivity index is 0.00000338. The Morgan fingerprint density at radius 2 is 1.77 bits per heavy atom. The number of nitrogens with zero attached hydrogens (tertiary/aromatic N) is 2. The van der Waals surface area contributed by atoms with Gasteiger partial charge in [0.25, 0.3) is 0 Å². The largest absolute Gasteiger partial charge is 1.00 e. The van der Waals surface area contributed by atoms with Crippen LogP contribution < -0.4 is 61.8 Å². The molecule has 138 valence electrons. The number of rotatable bonds is 7. The average molecular weight is 389 g/mol. The Morgan fingerprint density at radius 3 is 2.31 bits per heavy atom. The number of carbonyl (C=O) groups excluding carboxylic acids is 2. The number of nitrogens with one attached hydrogen (secondary N) is 1. The maximum absolute atomic E-state index is 12.2. The van der Waals surface area contributed by atoms with E-state index in [2.05, 4.69) is 21.5 Å². The van der Waals surface area contributed by atoms with Crippen molar-refractivity contribution in [1.82, 2.24) is 5.32 Å². The summed E-state index contributed by atoms with van der Waals surface area (Å²) < 4.78 is 0. The zero-order valence-electron chi connectivity index (χ0n) is 15.1. The summed E-state index contributed by atoms with van der Waals surface area (Å²) in [6.45, 7) is 0. The molecule has 4 unspecified atom stereocenters. The Labute approximate surface area is 195 Å². The third-order valence-corrected chi connectivity index (χ3v) is 4.93. The standard InChI is InChI=1S/C17H25N3O5.K/c1-2-3-9-17(19-20-17)10-8-15(23)18-12-5-7-14(22)13(21)6-4-11(12)16(24)25;/h1,11-14,21-22H,3-10H2,(H,18,23)(H,24,25);/q;+1/p-1. The van der Waals surface area contributed by atoms with E-state index in [1.807, 2.05) is 0 Å². The molecule has 0 aromatic carbocycles. The summed E-state index contributed by atoms with van der Waals surface area (Å²) in [6.07, 6.45) is 5.86. The molecule has 0 spiro atoms. The molecule has 9 heteroatoms. The number of aliphatic hydroxyl groups excluding tert-OH is 2. The van der Waals surface area contributed by atoms with Gasteiger partial charge in [-0.25, -0.2) is 0 Å². The third kappa shape index (κ3) is 7.00. The second-order valence-electron chi connectivity index (χ2n) is 6.78. The predicted octanol–water partition coefficient (Wildman–Crippen LogP) is -3.51. The van der Waals surface area contributed by atoms with Gasteiger partial charge in [0.2, 0.25) is 5.91 Å². The number of carbonyl (C=O) groups is 2. The number of carboxylic acids is 1. The van der Waals surface area contributed by atoms with Gasteiger partial charge >= 0.3 is 51.4 Å². The van der Waals surface area contributed by atoms with E-state index in [4.69, 9.17) is 6.42 Å². The van der Waals surface area contributed by atoms with E-state index >= 15 is 0 Å². The van der Waals surface area contributed by atoms with Gasteiger partial charge in [-0.2, -0.15) is 10.2 Å². The summed E-state index contributed by atoms with van der Waals surface area (Å²) in [5.74, 6) is 0.0817. The monoisotopic (exact) mass is 389 g/mol. The molecule has 0 aromatic rings. The molecule has 0 aromatic heterocycles. The normalized spacial score (nSPS) is 29.4. The van der Waals surface area contributed by atoms with E-state index in [0.717, 1.165) is 0 Å². The molecular weight excluding hydrogens is 365 g/mol. The number of amides is 1. The first kappa shape index (κ1) is 23.7. The van der Waals surface area contributed by atoms with Crippen molar-refractivity contribution in [3.63, 3.8) is 0 Å². The first-order chi connectivity index (χ1) is 11.9. The SMILES string of the molecule is C#CCCC1(CCC(=O)NC2CCC(O)C(O)CCC2C(=O)[O-])N=N1.[K+]. The second-order valence-corrected chi connectivity index (χ2v) is 6.78. The van der Waals surface area contributed by atoms with Crippen molar-refractivity contribution < 1.29 is 76.3 Å². The number of hydrogen-bond donors (Lipinski definition) is 3. The number of hydrogen-bond acceptors (Lipinski definition) is 7. The van der Waals surface area contributed by atoms with Crippen LogP contribution in [0.5, 0.6) is 0 Å². The van der Waals surface area contributed by atoms with Crippen LogP contribution in [0.1, 0.15) is 51.4 Å². The molecule has 8 nitrogen and oxygen atoms in total. The average Bonchev–Trinajstić information content (AvgIpc) is 3.34. The van der Waals surface area contributed by atoms with Gasteiger partial charge in [-0.3, -0.25) is 4.79 Å². The van der Waals surface area contributed by atoms with Crippen molar-refractivity contribution in [2.45, 2.75) is 75.3 Å². The summed E-state index contributed by atoms with van der Waals surface area (Å²) in [5.41, 5.74) is -0.557. The van der Waals surface area contributed by atoms with Crippen LogP contribution in [-0.4, -0.2) is 46.0 Å². The molecule has 2 rings (SSSR count). The molecule has 1 fully saturated rings. The fraction of sp³-hybridized carbons (Fsp3) is 0.765. The van der Waals surface area contributed by atoms with Gasteiger partial charge in [-0.1, -0.05) is 0 Å². The Morgan fingerprint density at radius 1 is 1.15 bits per heavy atom. The molecule has 26 heavy (non-hydrogen) atoms. The molecule has 2 aliphatic rings. The predicted molar refractivity (Wildman–Crippen MR) is 85.8 cm³/mol. The van der Waals surface area contributed by atoms with Crippen LogP contribution in [0, 0.1) is 18.3 Å². The van der Waals surface area contributed by atoms with E-state index in [9.17, 15) is 24.9 Å². The van der Waals surface area contributed by atoms with Crippen molar-refractivity contribution in [1.29, 1.82) is 0 Å². The minimum Gasteiger partial charge on any atom is -0.550 e. The van der Waals surface area contributed by atoms with Gasteiger partial charge in [0.15, 0.2) is 5.66 Å². The molecule has 0 bridgehead atoms. The minimum absolute atomic E-state index is 0. The summed E-state index contributed by atoms with van der Waals surface area (Å²) in [4.78, 5) is 23.6. The number of aliphatic hydroxyl groups is 2. The molecule has 1 aliphatic carbocycles. The topological polar surface area (TPSA) is 134 Å². The second kappa shape index (κ2) is 10.9. The fourth-order valence-corrected chi connectivity index (χ4v) is 3.20. The zero-order valence-corrected chi connectivity index (χ0v) is 18.2. The van der Waals surface area contributed by atoms with Gasteiger partial charge in [-0.15, -0.1) is 12.3 Å². The van der Waals surface area contributed by atoms with Crippen LogP contribution in [0.25, 0.3) is 0 Å². The fourth-order valence-electron chi connectivity index (χ4n) is 3.20. The van der Waals surface area contributed by atoms with Crippen LogP contribution in [-0.2, 0) is 9.59 Å². The number of terminal acetylenes is 1. The molecule has 0 radical (unpaired) electrons. The van der Waals surface area contributed by atoms with Crippen molar-refractivity contribution in [3.8, 4) is 12.3 Å². The Hall–Kier alpha value is -0.344. The van der Waals surface area contributed by atoms with Gasteiger partial charge in [-0.05, 0) is 25.7 Å². The molecule has 0 saturated heterocycles. The molecule has 3 N–H and O–H groups in total. The van der Waals surface area contributed by atoms with Crippen molar-refractivity contribution in [2.75, 3.05) is 0 Å². The first-order valence-corrected chi connectivity index (χ1v) is 8.61. The molecular formula is C17H24KN3O5. The Bertz CT molecular complexity index is 571. The third-order valence-electron chi connectivity index (χ3n) is 4.93. The maximum Gasteiger partial charge on any atom is 1.00 e. The van der Waals surface area contributed by atoms with E-state index in [1.54, 1.807) is 0 Å². The first-order valence-electron chi connectivity index (χ1n) is 8.61. The van der Waals surface area contributed by atoms with Crippen molar-refractivity contribution >= 4 is 11.9 Å². The molecule has 1 aliphatic heterocycles. The van der Waals surface area contributed by atoms with Gasteiger partial charge in [0, 0.05) is 43.6 Å². The van der Waals surface area contributed by atoms with E-state index < -0.39 is 35.8 Å². The number of carboxylic acid groups (broad SMARTS) is 1. The minimum atomic E-state index is -1.26. The van der Waals surface area contributed by atoms with Crippen LogP contribution in [0.15, 0.2) is 10.2 Å². The van der Waals surface area contributed by atoms with Crippen LogP contribution >= 0.6 is 0 Å². The van der Waals surface area contributed by atoms with E-state index in [0.29, 0.717) is 19.3 Å². The van der Waals surface area contributed by atoms with Gasteiger partial charge < -0.3 is 25.4 Å². The summed E-state index contributed by atoms with van der Waals surface area (Å²) in [5, 5.41) is 41.6. The van der Waals surface area contributed by atoms with Crippen LogP contribution in [0.2, 0.25) is 0 Å².